The maximum absolute atomic E-state index is 13.8. The summed E-state index contributed by atoms with van der Waals surface area (Å²) >= 11 is 18.7. The third-order valence-electron chi connectivity index (χ3n) is 6.38. The summed E-state index contributed by atoms with van der Waals surface area (Å²) < 4.78 is 15.1. The Balaban J connectivity index is 1.62. The summed E-state index contributed by atoms with van der Waals surface area (Å²) in [6.07, 6.45) is 1.42. The largest absolute Gasteiger partial charge is 0.476 e. The molecule has 1 aliphatic rings. The molecule has 4 aromatic rings. The maximum atomic E-state index is 13.8. The topological polar surface area (TPSA) is 99.8 Å². The van der Waals surface area contributed by atoms with E-state index in [2.05, 4.69) is 10.3 Å². The third kappa shape index (κ3) is 4.47. The van der Waals surface area contributed by atoms with Crippen molar-refractivity contribution in [2.45, 2.75) is 32.5 Å². The van der Waals surface area contributed by atoms with Crippen LogP contribution in [0.4, 0.5) is 15.9 Å². The van der Waals surface area contributed by atoms with Crippen molar-refractivity contribution in [3.63, 3.8) is 0 Å². The number of carboxylic acid groups (broad SMARTS) is 1. The van der Waals surface area contributed by atoms with Crippen LogP contribution in [0.15, 0.2) is 47.4 Å². The lowest BCUT2D eigenvalue weighted by molar-refractivity contribution is 0.0691. The number of nitrogens with zero attached hydrogens (tertiary/aromatic N) is 4. The van der Waals surface area contributed by atoms with Crippen LogP contribution >= 0.6 is 34.8 Å². The van der Waals surface area contributed by atoms with E-state index in [4.69, 9.17) is 39.8 Å². The number of carboxylic acids is 1. The number of hydrogen-bond donors (Lipinski definition) is 2. The zero-order chi connectivity index (χ0) is 26.6. The molecule has 0 saturated carbocycles. The molecule has 0 spiro atoms. The van der Waals surface area contributed by atoms with Crippen molar-refractivity contribution in [2.75, 3.05) is 10.2 Å². The van der Waals surface area contributed by atoms with Gasteiger partial charge in [0.2, 0.25) is 0 Å². The van der Waals surface area contributed by atoms with Gasteiger partial charge in [-0.15, -0.1) is 0 Å². The standard InChI is InChI=1S/C25H19Cl3FN5O3/c1-11(30-18-5-6-19(27)31-21(18)25(36)37)17-8-14(26)10-34-22(17)32-23(20(28)24(34)35)33-9-13-7-15(29)3-4-16(13)12(33)2/h3-8,10-12,30H,9H2,1-2H3,(H,36,37)/t11-,12-/m1/s1. The van der Waals surface area contributed by atoms with Crippen molar-refractivity contribution in [1.82, 2.24) is 14.4 Å². The number of pyridine rings is 2. The Hall–Kier alpha value is -3.40. The number of hydrogen-bond acceptors (Lipinski definition) is 6. The first-order valence-electron chi connectivity index (χ1n) is 11.2. The SMILES string of the molecule is C[C@@H]1c2ccc(F)cc2CN1c1nc2c([C@@H](C)Nc3ccc(Cl)nc3C(=O)O)cc(Cl)cn2c(=O)c1Cl. The smallest absolute Gasteiger partial charge is 0.356 e. The fraction of sp³-hybridized carbons (Fsp3) is 0.200. The molecule has 2 N–H and O–H groups in total. The molecule has 1 aromatic carbocycles. The molecule has 0 fully saturated rings. The molecular weight excluding hydrogens is 544 g/mol. The van der Waals surface area contributed by atoms with Crippen LogP contribution in [0.2, 0.25) is 15.2 Å². The Bertz CT molecular complexity index is 1640. The van der Waals surface area contributed by atoms with E-state index in [-0.39, 0.29) is 49.9 Å². The number of aromatic carboxylic acids is 1. The third-order valence-corrected chi connectivity index (χ3v) is 7.13. The lowest BCUT2D eigenvalue weighted by Crippen LogP contribution is -2.26. The number of fused-ring (bicyclic) bond motifs is 2. The number of rotatable bonds is 5. The van der Waals surface area contributed by atoms with Crippen LogP contribution in [0.1, 0.15) is 53.1 Å². The van der Waals surface area contributed by atoms with Crippen LogP contribution < -0.4 is 15.8 Å². The van der Waals surface area contributed by atoms with Gasteiger partial charge in [-0.05, 0) is 55.3 Å². The molecule has 37 heavy (non-hydrogen) atoms. The molecule has 0 saturated heterocycles. The Kier molecular flexibility index (Phi) is 6.47. The summed E-state index contributed by atoms with van der Waals surface area (Å²) in [5.74, 6) is -1.35. The van der Waals surface area contributed by atoms with Crippen LogP contribution in [-0.2, 0) is 6.54 Å². The summed E-state index contributed by atoms with van der Waals surface area (Å²) in [6, 6.07) is 8.43. The van der Waals surface area contributed by atoms with E-state index in [0.29, 0.717) is 12.1 Å². The van der Waals surface area contributed by atoms with Crippen LogP contribution in [0.5, 0.6) is 0 Å². The molecule has 8 nitrogen and oxygen atoms in total. The summed E-state index contributed by atoms with van der Waals surface area (Å²) in [5, 5.41) is 12.9. The van der Waals surface area contributed by atoms with Crippen molar-refractivity contribution in [1.29, 1.82) is 0 Å². The van der Waals surface area contributed by atoms with E-state index in [0.717, 1.165) is 11.1 Å². The predicted molar refractivity (Wildman–Crippen MR) is 141 cm³/mol. The Morgan fingerprint density at radius 1 is 1.19 bits per heavy atom. The minimum Gasteiger partial charge on any atom is -0.476 e. The lowest BCUT2D eigenvalue weighted by Gasteiger charge is -2.25. The summed E-state index contributed by atoms with van der Waals surface area (Å²) in [6.45, 7) is 4.02. The number of benzene rings is 1. The second-order valence-electron chi connectivity index (χ2n) is 8.71. The van der Waals surface area contributed by atoms with E-state index in [1.54, 1.807) is 19.1 Å². The van der Waals surface area contributed by atoms with E-state index in [9.17, 15) is 19.1 Å². The van der Waals surface area contributed by atoms with Gasteiger partial charge < -0.3 is 15.3 Å². The highest BCUT2D eigenvalue weighted by Gasteiger charge is 2.31. The monoisotopic (exact) mass is 561 g/mol. The average Bonchev–Trinajstić information content (AvgIpc) is 3.17. The predicted octanol–water partition coefficient (Wildman–Crippen LogP) is 6.14. The van der Waals surface area contributed by atoms with Crippen LogP contribution in [-0.4, -0.2) is 25.4 Å². The lowest BCUT2D eigenvalue weighted by atomic mass is 10.1. The fourth-order valence-corrected chi connectivity index (χ4v) is 5.20. The first-order valence-corrected chi connectivity index (χ1v) is 12.3. The van der Waals surface area contributed by atoms with Gasteiger partial charge in [-0.25, -0.2) is 19.2 Å². The normalized spacial score (nSPS) is 15.6. The number of halogens is 4. The van der Waals surface area contributed by atoms with Gasteiger partial charge in [-0.1, -0.05) is 40.9 Å². The zero-order valence-corrected chi connectivity index (χ0v) is 21.7. The molecule has 4 heterocycles. The molecule has 0 aliphatic carbocycles. The van der Waals surface area contributed by atoms with Crippen molar-refractivity contribution in [3.8, 4) is 0 Å². The minimum atomic E-state index is -1.25. The summed E-state index contributed by atoms with van der Waals surface area (Å²) in [5.41, 5.74) is 1.95. The Labute approximate surface area is 225 Å². The highest BCUT2D eigenvalue weighted by atomic mass is 35.5. The van der Waals surface area contributed by atoms with Crippen LogP contribution in [0, 0.1) is 5.82 Å². The highest BCUT2D eigenvalue weighted by molar-refractivity contribution is 6.33. The molecule has 3 aromatic heterocycles. The number of nitrogens with one attached hydrogen (secondary N) is 1. The quantitative estimate of drug-likeness (QED) is 0.282. The van der Waals surface area contributed by atoms with Gasteiger partial charge in [0.05, 0.1) is 22.8 Å². The second-order valence-corrected chi connectivity index (χ2v) is 9.91. The number of anilines is 2. The highest BCUT2D eigenvalue weighted by Crippen LogP contribution is 2.39. The van der Waals surface area contributed by atoms with Crippen LogP contribution in [0.25, 0.3) is 5.65 Å². The molecule has 0 bridgehead atoms. The number of aromatic nitrogens is 3. The zero-order valence-electron chi connectivity index (χ0n) is 19.5. The van der Waals surface area contributed by atoms with Gasteiger partial charge in [0, 0.05) is 18.3 Å². The first kappa shape index (κ1) is 25.3. The molecule has 5 rings (SSSR count). The van der Waals surface area contributed by atoms with Crippen molar-refractivity contribution >= 4 is 57.9 Å². The average molecular weight is 563 g/mol. The Morgan fingerprint density at radius 2 is 1.95 bits per heavy atom. The molecule has 0 radical (unpaired) electrons. The van der Waals surface area contributed by atoms with E-state index >= 15 is 0 Å². The molecule has 190 valence electrons. The fourth-order valence-electron chi connectivity index (χ4n) is 4.60. The maximum Gasteiger partial charge on any atom is 0.356 e. The summed E-state index contributed by atoms with van der Waals surface area (Å²) in [4.78, 5) is 35.5. The van der Waals surface area contributed by atoms with Gasteiger partial charge in [0.1, 0.15) is 21.6 Å². The van der Waals surface area contributed by atoms with Crippen LogP contribution in [0.3, 0.4) is 0 Å². The molecular formula is C25H19Cl3FN5O3. The molecule has 0 amide bonds. The molecule has 12 heteroatoms. The van der Waals surface area contributed by atoms with E-state index in [1.807, 2.05) is 11.8 Å². The van der Waals surface area contributed by atoms with Crippen molar-refractivity contribution < 1.29 is 14.3 Å². The van der Waals surface area contributed by atoms with Gasteiger partial charge in [-0.2, -0.15) is 0 Å². The minimum absolute atomic E-state index is 0.0388. The Morgan fingerprint density at radius 3 is 2.68 bits per heavy atom. The van der Waals surface area contributed by atoms with Gasteiger partial charge >= 0.3 is 5.97 Å². The van der Waals surface area contributed by atoms with E-state index in [1.165, 1.54) is 34.9 Å². The van der Waals surface area contributed by atoms with Crippen molar-refractivity contribution in [3.05, 3.63) is 96.3 Å². The first-order chi connectivity index (χ1) is 17.5. The molecule has 0 unspecified atom stereocenters. The van der Waals surface area contributed by atoms with Gasteiger partial charge in [-0.3, -0.25) is 9.20 Å². The van der Waals surface area contributed by atoms with Gasteiger partial charge in [0.25, 0.3) is 5.56 Å². The molecule has 1 aliphatic heterocycles. The number of carbonyl (C=O) groups is 1. The second kappa shape index (κ2) is 9.48. The summed E-state index contributed by atoms with van der Waals surface area (Å²) in [7, 11) is 0. The van der Waals surface area contributed by atoms with Gasteiger partial charge in [0.15, 0.2) is 11.5 Å². The van der Waals surface area contributed by atoms with E-state index < -0.39 is 17.6 Å². The molecule has 2 atom stereocenters. The van der Waals surface area contributed by atoms with Crippen molar-refractivity contribution in [2.24, 2.45) is 0 Å².